The highest BCUT2D eigenvalue weighted by molar-refractivity contribution is 7.89. The molecule has 1 saturated carbocycles. The van der Waals surface area contributed by atoms with Crippen LogP contribution in [-0.2, 0) is 30.9 Å². The zero-order valence-corrected chi connectivity index (χ0v) is 27.6. The van der Waals surface area contributed by atoms with Gasteiger partial charge in [-0.2, -0.15) is 0 Å². The van der Waals surface area contributed by atoms with Crippen molar-refractivity contribution in [3.63, 3.8) is 0 Å². The molecule has 1 aliphatic rings. The summed E-state index contributed by atoms with van der Waals surface area (Å²) in [4.78, 5) is 49.2. The van der Waals surface area contributed by atoms with Gasteiger partial charge in [0.25, 0.3) is 15.9 Å². The smallest absolute Gasteiger partial charge is 0.270 e. The van der Waals surface area contributed by atoms with Crippen LogP contribution in [0.4, 0.5) is 5.69 Å². The number of nitrogens with one attached hydrogen (secondary N) is 2. The van der Waals surface area contributed by atoms with Gasteiger partial charge < -0.3 is 27.2 Å². The van der Waals surface area contributed by atoms with Gasteiger partial charge in [-0.25, -0.2) is 13.4 Å². The number of nitrogen functional groups attached to an aromatic ring is 1. The molecule has 0 spiro atoms. The summed E-state index contributed by atoms with van der Waals surface area (Å²) in [6, 6.07) is 22.6. The van der Waals surface area contributed by atoms with Gasteiger partial charge in [0.05, 0.1) is 41.6 Å². The van der Waals surface area contributed by atoms with Crippen molar-refractivity contribution in [1.82, 2.24) is 20.1 Å². The van der Waals surface area contributed by atoms with E-state index in [1.807, 2.05) is 18.2 Å². The van der Waals surface area contributed by atoms with Gasteiger partial charge in [0.1, 0.15) is 11.7 Å². The second-order valence-corrected chi connectivity index (χ2v) is 13.9. The zero-order valence-electron chi connectivity index (χ0n) is 26.8. The van der Waals surface area contributed by atoms with Crippen molar-refractivity contribution in [3.8, 4) is 0 Å². The SMILES string of the molecule is NC(=O)C[C@H](NC(=O)c1ccc2ccccc2n1)C(=O)N[C@@H](Cc1ccccc1)[C@H](O)CN(OC1CCCC1)S(=O)(=O)c1cccc(N)c1. The number of nitrogens with two attached hydrogens (primary N) is 2. The maximum absolute atomic E-state index is 13.8. The lowest BCUT2D eigenvalue weighted by atomic mass is 10.00. The summed E-state index contributed by atoms with van der Waals surface area (Å²) in [5.41, 5.74) is 12.9. The number of hydrogen-bond acceptors (Lipinski definition) is 9. The van der Waals surface area contributed by atoms with Crippen molar-refractivity contribution in [2.24, 2.45) is 5.73 Å². The predicted octanol–water partition coefficient (Wildman–Crippen LogP) is 2.44. The third kappa shape index (κ3) is 9.38. The summed E-state index contributed by atoms with van der Waals surface area (Å²) < 4.78 is 28.4. The summed E-state index contributed by atoms with van der Waals surface area (Å²) in [5.74, 6) is -2.37. The van der Waals surface area contributed by atoms with Gasteiger partial charge in [-0.05, 0) is 55.2 Å². The number of sulfonamides is 1. The molecule has 3 aromatic carbocycles. The van der Waals surface area contributed by atoms with E-state index in [9.17, 15) is 27.9 Å². The van der Waals surface area contributed by atoms with Gasteiger partial charge in [-0.3, -0.25) is 19.2 Å². The van der Waals surface area contributed by atoms with Crippen LogP contribution in [-0.4, -0.2) is 71.5 Å². The minimum absolute atomic E-state index is 0.0216. The van der Waals surface area contributed by atoms with Crippen LogP contribution < -0.4 is 22.1 Å². The third-order valence-electron chi connectivity index (χ3n) is 8.28. The van der Waals surface area contributed by atoms with Gasteiger partial charge in [0.2, 0.25) is 11.8 Å². The topological polar surface area (TPSA) is 207 Å². The number of fused-ring (bicyclic) bond motifs is 1. The number of carbonyl (C=O) groups is 3. The van der Waals surface area contributed by atoms with Gasteiger partial charge in [0, 0.05) is 11.1 Å². The number of aliphatic hydroxyl groups is 1. The van der Waals surface area contributed by atoms with Crippen molar-refractivity contribution in [2.75, 3.05) is 12.3 Å². The summed E-state index contributed by atoms with van der Waals surface area (Å²) >= 11 is 0. The van der Waals surface area contributed by atoms with E-state index in [0.717, 1.165) is 28.3 Å². The molecule has 0 unspecified atom stereocenters. The van der Waals surface area contributed by atoms with Crippen LogP contribution in [0.1, 0.15) is 48.2 Å². The van der Waals surface area contributed by atoms with Crippen molar-refractivity contribution in [1.29, 1.82) is 0 Å². The van der Waals surface area contributed by atoms with Crippen LogP contribution in [0.3, 0.4) is 0 Å². The van der Waals surface area contributed by atoms with Crippen molar-refractivity contribution in [3.05, 3.63) is 102 Å². The predicted molar refractivity (Wildman–Crippen MR) is 183 cm³/mol. The molecule has 49 heavy (non-hydrogen) atoms. The molecule has 0 saturated heterocycles. The molecule has 3 atom stereocenters. The van der Waals surface area contributed by atoms with Crippen molar-refractivity contribution >= 4 is 44.3 Å². The molecular weight excluding hydrogens is 648 g/mol. The number of primary amides is 1. The molecule has 1 aliphatic carbocycles. The summed E-state index contributed by atoms with van der Waals surface area (Å²) in [6.45, 7) is -0.542. The third-order valence-corrected chi connectivity index (χ3v) is 9.90. The molecule has 3 amide bonds. The Balaban J connectivity index is 1.39. The first-order valence-corrected chi connectivity index (χ1v) is 17.5. The monoisotopic (exact) mass is 688 g/mol. The quantitative estimate of drug-likeness (QED) is 0.0917. The molecule has 13 nitrogen and oxygen atoms in total. The first-order chi connectivity index (χ1) is 23.5. The van der Waals surface area contributed by atoms with E-state index in [4.69, 9.17) is 16.3 Å². The summed E-state index contributed by atoms with van der Waals surface area (Å²) in [6.07, 6.45) is 0.666. The van der Waals surface area contributed by atoms with E-state index in [1.54, 1.807) is 48.5 Å². The standard InChI is InChI=1S/C35H40N6O7S/c36-25-12-8-15-27(20-25)49(46,47)41(48-26-13-5-6-14-26)22-32(42)30(19-23-9-2-1-3-10-23)39-35(45)31(21-33(37)43)40-34(44)29-18-17-24-11-4-7-16-28(24)38-29/h1-4,7-12,15-18,20,26,30-32,42H,5-6,13-14,19,21-22,36H2,(H2,37,43)(H,39,45)(H,40,44)/t30-,31-,32+/m0/s1. The Morgan fingerprint density at radius 2 is 1.65 bits per heavy atom. The molecule has 0 bridgehead atoms. The number of anilines is 1. The highest BCUT2D eigenvalue weighted by Gasteiger charge is 2.35. The number of aliphatic hydroxyl groups excluding tert-OH is 1. The molecule has 1 fully saturated rings. The number of aromatic nitrogens is 1. The Bertz CT molecular complexity index is 1890. The number of rotatable bonds is 15. The fourth-order valence-corrected chi connectivity index (χ4v) is 7.05. The van der Waals surface area contributed by atoms with E-state index >= 15 is 0 Å². The van der Waals surface area contributed by atoms with E-state index in [0.29, 0.717) is 18.4 Å². The van der Waals surface area contributed by atoms with E-state index in [1.165, 1.54) is 24.3 Å². The Hall–Kier alpha value is -4.89. The molecule has 14 heteroatoms. The molecule has 5 rings (SSSR count). The first-order valence-electron chi connectivity index (χ1n) is 16.0. The van der Waals surface area contributed by atoms with Crippen molar-refractivity contribution < 1.29 is 32.7 Å². The van der Waals surface area contributed by atoms with Crippen LogP contribution in [0.25, 0.3) is 10.9 Å². The van der Waals surface area contributed by atoms with Crippen LogP contribution in [0.2, 0.25) is 0 Å². The molecule has 0 radical (unpaired) electrons. The van der Waals surface area contributed by atoms with Gasteiger partial charge >= 0.3 is 0 Å². The van der Waals surface area contributed by atoms with E-state index in [-0.39, 0.29) is 28.8 Å². The van der Waals surface area contributed by atoms with Crippen LogP contribution in [0.15, 0.2) is 95.9 Å². The van der Waals surface area contributed by atoms with Crippen LogP contribution >= 0.6 is 0 Å². The molecule has 1 heterocycles. The number of hydrogen-bond donors (Lipinski definition) is 5. The lowest BCUT2D eigenvalue weighted by molar-refractivity contribution is -0.146. The number of para-hydroxylation sites is 1. The highest BCUT2D eigenvalue weighted by atomic mass is 32.2. The molecular formula is C35H40N6O7S. The Labute approximate surface area is 284 Å². The first kappa shape index (κ1) is 35.4. The minimum atomic E-state index is -4.30. The highest BCUT2D eigenvalue weighted by Crippen LogP contribution is 2.27. The van der Waals surface area contributed by atoms with Crippen LogP contribution in [0.5, 0.6) is 0 Å². The zero-order chi connectivity index (χ0) is 35.0. The maximum atomic E-state index is 13.8. The van der Waals surface area contributed by atoms with Gasteiger partial charge in [-0.15, -0.1) is 0 Å². The number of benzene rings is 3. The number of nitrogens with zero attached hydrogens (tertiary/aromatic N) is 2. The second-order valence-electron chi connectivity index (χ2n) is 12.0. The number of amides is 3. The van der Waals surface area contributed by atoms with Gasteiger partial charge in [0.15, 0.2) is 0 Å². The molecule has 4 aromatic rings. The fraction of sp³-hybridized carbons (Fsp3) is 0.314. The summed E-state index contributed by atoms with van der Waals surface area (Å²) in [5, 5.41) is 17.7. The summed E-state index contributed by atoms with van der Waals surface area (Å²) in [7, 11) is -4.30. The molecule has 1 aromatic heterocycles. The fourth-order valence-electron chi connectivity index (χ4n) is 5.70. The number of pyridine rings is 1. The van der Waals surface area contributed by atoms with E-state index < -0.39 is 58.9 Å². The number of carbonyl (C=O) groups excluding carboxylic acids is 3. The Morgan fingerprint density at radius 3 is 2.37 bits per heavy atom. The molecule has 0 aliphatic heterocycles. The van der Waals surface area contributed by atoms with Crippen LogP contribution in [0, 0.1) is 0 Å². The normalized spacial score (nSPS) is 15.5. The van der Waals surface area contributed by atoms with Crippen molar-refractivity contribution in [2.45, 2.75) is 67.7 Å². The van der Waals surface area contributed by atoms with E-state index in [2.05, 4.69) is 15.6 Å². The minimum Gasteiger partial charge on any atom is -0.399 e. The maximum Gasteiger partial charge on any atom is 0.270 e. The lowest BCUT2D eigenvalue weighted by Gasteiger charge is -2.31. The second kappa shape index (κ2) is 16.0. The molecule has 7 N–H and O–H groups in total. The molecule has 258 valence electrons. The average Bonchev–Trinajstić information content (AvgIpc) is 3.60. The lowest BCUT2D eigenvalue weighted by Crippen LogP contribution is -2.56. The largest absolute Gasteiger partial charge is 0.399 e. The van der Waals surface area contributed by atoms with Gasteiger partial charge in [-0.1, -0.05) is 78.0 Å². The number of hydroxylamine groups is 1. The Morgan fingerprint density at radius 1 is 0.939 bits per heavy atom. The average molecular weight is 689 g/mol. The Kier molecular flexibility index (Phi) is 11.6.